The van der Waals surface area contributed by atoms with Gasteiger partial charge >= 0.3 is 29.6 Å². The number of rotatable bonds is 0. The second-order valence-corrected chi connectivity index (χ2v) is 1.59. The van der Waals surface area contributed by atoms with Crippen molar-refractivity contribution < 1.29 is 36.1 Å². The van der Waals surface area contributed by atoms with Crippen molar-refractivity contribution in [2.45, 2.75) is 0 Å². The van der Waals surface area contributed by atoms with E-state index in [1.165, 1.54) is 0 Å². The Morgan fingerprint density at radius 2 is 1.67 bits per heavy atom. The van der Waals surface area contributed by atoms with E-state index in [1.54, 1.807) is 24.3 Å². The molecule has 0 fully saturated rings. The molecule has 0 spiro atoms. The van der Waals surface area contributed by atoms with Gasteiger partial charge in [-0.3, -0.25) is 0 Å². The summed E-state index contributed by atoms with van der Waals surface area (Å²) in [5.74, 6) is 0.249. The van der Waals surface area contributed by atoms with Crippen molar-refractivity contribution in [2.75, 3.05) is 5.73 Å². The van der Waals surface area contributed by atoms with Gasteiger partial charge in [-0.05, 0) is 24.3 Å². The van der Waals surface area contributed by atoms with Crippen LogP contribution < -0.4 is 35.3 Å². The zero-order valence-electron chi connectivity index (χ0n) is 6.33. The van der Waals surface area contributed by atoms with Crippen LogP contribution in [0.3, 0.4) is 0 Å². The maximum absolute atomic E-state index is 8.70. The fraction of sp³-hybridized carbons (Fsp3) is 0. The molecular weight excluding hydrogens is 125 g/mol. The first-order valence-electron chi connectivity index (χ1n) is 2.33. The van der Waals surface area contributed by atoms with Crippen LogP contribution in [0.1, 0.15) is 1.43 Å². The van der Waals surface area contributed by atoms with Gasteiger partial charge in [0.25, 0.3) is 0 Å². The maximum Gasteiger partial charge on any atom is 1.00 e. The first-order chi connectivity index (χ1) is 3.79. The third-order valence-electron chi connectivity index (χ3n) is 0.893. The van der Waals surface area contributed by atoms with Crippen molar-refractivity contribution in [3.63, 3.8) is 0 Å². The molecule has 0 saturated carbocycles. The number of aromatic hydroxyl groups is 1. The van der Waals surface area contributed by atoms with E-state index in [-0.39, 0.29) is 36.7 Å². The fourth-order valence-electron chi connectivity index (χ4n) is 0.474. The maximum atomic E-state index is 8.70. The largest absolute Gasteiger partial charge is 1.00 e. The summed E-state index contributed by atoms with van der Waals surface area (Å²) in [5, 5.41) is 8.70. The Hall–Kier alpha value is -0.180. The zero-order chi connectivity index (χ0) is 5.98. The molecule has 0 aliphatic carbocycles. The van der Waals surface area contributed by atoms with Gasteiger partial charge in [0, 0.05) is 5.69 Å². The molecule has 1 aromatic carbocycles. The van der Waals surface area contributed by atoms with Crippen molar-refractivity contribution in [1.82, 2.24) is 0 Å². The molecule has 0 bridgehead atoms. The van der Waals surface area contributed by atoms with E-state index in [2.05, 4.69) is 0 Å². The summed E-state index contributed by atoms with van der Waals surface area (Å²) in [7, 11) is 0. The molecule has 0 unspecified atom stereocenters. The number of phenolic OH excluding ortho intramolecular Hbond substituents is 1. The van der Waals surface area contributed by atoms with E-state index in [0.29, 0.717) is 5.69 Å². The minimum atomic E-state index is 0. The van der Waals surface area contributed by atoms with Crippen molar-refractivity contribution in [1.29, 1.82) is 0 Å². The van der Waals surface area contributed by atoms with E-state index in [0.717, 1.165) is 0 Å². The number of benzene rings is 1. The fourth-order valence-corrected chi connectivity index (χ4v) is 0.474. The topological polar surface area (TPSA) is 46.2 Å². The molecule has 1 rings (SSSR count). The summed E-state index contributed by atoms with van der Waals surface area (Å²) in [5.41, 5.74) is 5.98. The Morgan fingerprint density at radius 3 is 2.00 bits per heavy atom. The van der Waals surface area contributed by atoms with Crippen LogP contribution in [0.2, 0.25) is 0 Å². The number of nitrogens with two attached hydrogens (primary N) is 1. The first kappa shape index (κ1) is 8.82. The zero-order valence-corrected chi connectivity index (χ0v) is 7.33. The van der Waals surface area contributed by atoms with Crippen LogP contribution in [0.4, 0.5) is 5.69 Å². The Labute approximate surface area is 77.5 Å². The molecule has 3 N–H and O–H groups in total. The minimum absolute atomic E-state index is 0. The molecule has 0 aromatic heterocycles. The van der Waals surface area contributed by atoms with Crippen LogP contribution in [-0.2, 0) is 0 Å². The van der Waals surface area contributed by atoms with Crippen LogP contribution in [0.25, 0.3) is 0 Å². The van der Waals surface area contributed by atoms with Crippen LogP contribution in [0.5, 0.6) is 5.75 Å². The van der Waals surface area contributed by atoms with Crippen molar-refractivity contribution >= 4 is 5.69 Å². The second-order valence-electron chi connectivity index (χ2n) is 1.59. The molecule has 44 valence electrons. The van der Waals surface area contributed by atoms with Crippen LogP contribution in [0.15, 0.2) is 24.3 Å². The number of phenols is 1. The summed E-state index contributed by atoms with van der Waals surface area (Å²) < 4.78 is 0. The van der Waals surface area contributed by atoms with Gasteiger partial charge in [-0.25, -0.2) is 0 Å². The first-order valence-corrected chi connectivity index (χ1v) is 2.33. The van der Waals surface area contributed by atoms with E-state index < -0.39 is 0 Å². The quantitative estimate of drug-likeness (QED) is 0.246. The van der Waals surface area contributed by atoms with E-state index in [9.17, 15) is 0 Å². The Balaban J connectivity index is 0. The van der Waals surface area contributed by atoms with E-state index in [1.807, 2.05) is 0 Å². The molecule has 9 heavy (non-hydrogen) atoms. The average molecular weight is 133 g/mol. The van der Waals surface area contributed by atoms with Gasteiger partial charge in [0.2, 0.25) is 0 Å². The summed E-state index contributed by atoms with van der Waals surface area (Å²) in [6.45, 7) is 0. The number of nitrogen functional groups attached to an aromatic ring is 1. The summed E-state index contributed by atoms with van der Waals surface area (Å²) in [4.78, 5) is 0. The Morgan fingerprint density at radius 1 is 1.22 bits per heavy atom. The molecule has 2 nitrogen and oxygen atoms in total. The van der Waals surface area contributed by atoms with Gasteiger partial charge in [-0.15, -0.1) is 0 Å². The van der Waals surface area contributed by atoms with E-state index >= 15 is 0 Å². The molecule has 0 aliphatic heterocycles. The third kappa shape index (κ3) is 2.75. The molecule has 0 amide bonds. The molecule has 0 aliphatic rings. The number of hydrogen-bond donors (Lipinski definition) is 2. The predicted octanol–water partition coefficient (Wildman–Crippen LogP) is -1.91. The number of anilines is 1. The molecule has 3 heteroatoms. The Bertz CT molecular complexity index is 157. The standard InChI is InChI=1S/C6H7NO.Na.H/c7-5-1-3-6(8)4-2-5;;/h1-4,8H,7H2;;/q;+1;-1. The van der Waals surface area contributed by atoms with Crippen LogP contribution in [-0.4, -0.2) is 5.11 Å². The van der Waals surface area contributed by atoms with Crippen molar-refractivity contribution in [2.24, 2.45) is 0 Å². The van der Waals surface area contributed by atoms with E-state index in [4.69, 9.17) is 10.8 Å². The summed E-state index contributed by atoms with van der Waals surface area (Å²) in [6, 6.07) is 6.40. The van der Waals surface area contributed by atoms with Crippen molar-refractivity contribution in [3.8, 4) is 5.75 Å². The minimum Gasteiger partial charge on any atom is -1.00 e. The molecule has 0 radical (unpaired) electrons. The SMILES string of the molecule is Nc1ccc(O)cc1.[H-].[Na+]. The smallest absolute Gasteiger partial charge is 1.00 e. The molecule has 0 atom stereocenters. The molecule has 0 saturated heterocycles. The normalized spacial score (nSPS) is 8.00. The Kier molecular flexibility index (Phi) is 3.70. The molecular formula is C6H8NNaO. The predicted molar refractivity (Wildman–Crippen MR) is 33.6 cm³/mol. The molecule has 1 aromatic rings. The molecule has 0 heterocycles. The van der Waals surface area contributed by atoms with Crippen LogP contribution in [0, 0.1) is 0 Å². The van der Waals surface area contributed by atoms with Gasteiger partial charge in [0.05, 0.1) is 0 Å². The summed E-state index contributed by atoms with van der Waals surface area (Å²) >= 11 is 0. The van der Waals surface area contributed by atoms with Gasteiger partial charge in [0.1, 0.15) is 5.75 Å². The summed E-state index contributed by atoms with van der Waals surface area (Å²) in [6.07, 6.45) is 0. The monoisotopic (exact) mass is 133 g/mol. The van der Waals surface area contributed by atoms with Gasteiger partial charge < -0.3 is 12.3 Å². The average Bonchev–Trinajstić information content (AvgIpc) is 1.77. The second kappa shape index (κ2) is 3.77. The number of hydrogen-bond acceptors (Lipinski definition) is 2. The third-order valence-corrected chi connectivity index (χ3v) is 0.893. The van der Waals surface area contributed by atoms with Crippen molar-refractivity contribution in [3.05, 3.63) is 24.3 Å². The van der Waals surface area contributed by atoms with Gasteiger partial charge in [-0.1, -0.05) is 0 Å². The van der Waals surface area contributed by atoms with Gasteiger partial charge in [0.15, 0.2) is 0 Å². The van der Waals surface area contributed by atoms with Gasteiger partial charge in [-0.2, -0.15) is 0 Å². The van der Waals surface area contributed by atoms with Crippen LogP contribution >= 0.6 is 0 Å².